The summed E-state index contributed by atoms with van der Waals surface area (Å²) in [7, 11) is 1.59. The number of hydrogen-bond acceptors (Lipinski definition) is 3. The van der Waals surface area contributed by atoms with Crippen LogP contribution in [0.1, 0.15) is 52.4 Å². The summed E-state index contributed by atoms with van der Waals surface area (Å²) in [4.78, 5) is 36.2. The van der Waals surface area contributed by atoms with Crippen molar-refractivity contribution in [3.63, 3.8) is 0 Å². The Labute approximate surface area is 116 Å². The molecule has 0 N–H and O–H groups in total. The molecule has 0 aromatic heterocycles. The highest BCUT2D eigenvalue weighted by Gasteiger charge is 2.40. The summed E-state index contributed by atoms with van der Waals surface area (Å²) in [5.74, 6) is 0.140. The molecular formula is C14H24BNO3. The lowest BCUT2D eigenvalue weighted by Gasteiger charge is -2.17. The number of likely N-dealkylation sites (tertiary alicyclic amines) is 1. The number of imide groups is 1. The molecule has 2 amide bonds. The van der Waals surface area contributed by atoms with E-state index in [-0.39, 0.29) is 29.3 Å². The zero-order valence-electron chi connectivity index (χ0n) is 12.3. The minimum atomic E-state index is -0.116. The van der Waals surface area contributed by atoms with Gasteiger partial charge in [0.15, 0.2) is 7.85 Å². The van der Waals surface area contributed by atoms with Crippen LogP contribution in [-0.4, -0.2) is 36.8 Å². The summed E-state index contributed by atoms with van der Waals surface area (Å²) in [5, 5.41) is 0. The number of hydrogen-bond donors (Lipinski definition) is 0. The summed E-state index contributed by atoms with van der Waals surface area (Å²) in [6.45, 7) is 4.60. The minimum absolute atomic E-state index is 0.00548. The maximum absolute atomic E-state index is 12.1. The van der Waals surface area contributed by atoms with Gasteiger partial charge in [0.25, 0.3) is 0 Å². The summed E-state index contributed by atoms with van der Waals surface area (Å²) >= 11 is 0. The largest absolute Gasteiger partial charge is 0.312 e. The zero-order chi connectivity index (χ0) is 14.4. The second kappa shape index (κ2) is 7.46. The van der Waals surface area contributed by atoms with E-state index in [1.165, 1.54) is 4.90 Å². The van der Waals surface area contributed by atoms with Gasteiger partial charge in [-0.1, -0.05) is 26.7 Å². The first-order chi connectivity index (χ1) is 8.97. The number of rotatable bonds is 8. The second-order valence-electron chi connectivity index (χ2n) is 5.59. The maximum Gasteiger partial charge on any atom is 0.233 e. The van der Waals surface area contributed by atoms with E-state index in [2.05, 4.69) is 0 Å². The molecule has 4 nitrogen and oxygen atoms in total. The smallest absolute Gasteiger partial charge is 0.233 e. The third-order valence-corrected chi connectivity index (χ3v) is 4.02. The Hall–Kier alpha value is -1.13. The number of nitrogens with zero attached hydrogens (tertiary/aromatic N) is 1. The van der Waals surface area contributed by atoms with Crippen molar-refractivity contribution >= 4 is 25.3 Å². The maximum atomic E-state index is 12.1. The molecule has 2 atom stereocenters. The Kier molecular flexibility index (Phi) is 6.26. The lowest BCUT2D eigenvalue weighted by molar-refractivity contribution is -0.139. The van der Waals surface area contributed by atoms with Crippen LogP contribution in [0.3, 0.4) is 0 Å². The Bertz CT molecular complexity index is 357. The fourth-order valence-corrected chi connectivity index (χ4v) is 2.49. The molecule has 0 aromatic rings. The van der Waals surface area contributed by atoms with Crippen LogP contribution in [-0.2, 0) is 14.4 Å². The van der Waals surface area contributed by atoms with E-state index in [1.54, 1.807) is 7.85 Å². The van der Waals surface area contributed by atoms with Gasteiger partial charge in [-0.05, 0) is 25.2 Å². The van der Waals surface area contributed by atoms with Gasteiger partial charge in [0.2, 0.25) is 11.8 Å². The molecule has 1 aliphatic heterocycles. The lowest BCUT2D eigenvalue weighted by Crippen LogP contribution is -2.32. The van der Waals surface area contributed by atoms with Gasteiger partial charge in [-0.15, -0.1) is 0 Å². The van der Waals surface area contributed by atoms with Crippen molar-refractivity contribution in [1.82, 2.24) is 4.90 Å². The molecule has 1 fully saturated rings. The fraction of sp³-hybridized carbons (Fsp3) is 0.786. The number of carbonyl (C=O) groups excluding carboxylic acids is 3. The van der Waals surface area contributed by atoms with Crippen LogP contribution in [0.15, 0.2) is 0 Å². The topological polar surface area (TPSA) is 54.5 Å². The number of unbranched alkanes of at least 4 members (excludes halogenated alkanes) is 2. The molecule has 106 valence electrons. The molecule has 0 spiro atoms. The molecule has 0 aliphatic carbocycles. The molecule has 2 unspecified atom stereocenters. The van der Waals surface area contributed by atoms with Crippen molar-refractivity contribution in [3.05, 3.63) is 0 Å². The van der Waals surface area contributed by atoms with Crippen molar-refractivity contribution < 1.29 is 14.4 Å². The predicted molar refractivity (Wildman–Crippen MR) is 76.3 cm³/mol. The van der Waals surface area contributed by atoms with Gasteiger partial charge in [0.05, 0.1) is 5.68 Å². The molecular weight excluding hydrogens is 241 g/mol. The Morgan fingerprint density at radius 3 is 2.63 bits per heavy atom. The highest BCUT2D eigenvalue weighted by atomic mass is 16.2. The van der Waals surface area contributed by atoms with E-state index in [1.807, 2.05) is 13.8 Å². The van der Waals surface area contributed by atoms with Gasteiger partial charge in [0, 0.05) is 18.9 Å². The van der Waals surface area contributed by atoms with E-state index in [0.717, 1.165) is 25.7 Å². The molecule has 19 heavy (non-hydrogen) atoms. The summed E-state index contributed by atoms with van der Waals surface area (Å²) in [5.41, 5.74) is 0.199. The monoisotopic (exact) mass is 265 g/mol. The average Bonchev–Trinajstić information content (AvgIpc) is 2.64. The normalized spacial score (nSPS) is 20.9. The molecule has 0 radical (unpaired) electrons. The standard InChI is InChI=1S/C14H24BNO3/c1-3-10(2)11-9-13(18)16(14(11)19)8-6-4-5-7-12(15)17/h10-11H,3-9,15H2,1-2H3. The predicted octanol–water partition coefficient (Wildman–Crippen LogP) is 1.13. The first-order valence-corrected chi connectivity index (χ1v) is 7.31. The van der Waals surface area contributed by atoms with Gasteiger partial charge < -0.3 is 4.79 Å². The molecule has 0 bridgehead atoms. The van der Waals surface area contributed by atoms with Crippen molar-refractivity contribution in [2.75, 3.05) is 6.54 Å². The summed E-state index contributed by atoms with van der Waals surface area (Å²) in [6, 6.07) is 0. The van der Waals surface area contributed by atoms with E-state index in [0.29, 0.717) is 19.4 Å². The Morgan fingerprint density at radius 2 is 2.05 bits per heavy atom. The number of carbonyl (C=O) groups is 3. The Morgan fingerprint density at radius 1 is 1.37 bits per heavy atom. The molecule has 1 rings (SSSR count). The van der Waals surface area contributed by atoms with E-state index >= 15 is 0 Å². The van der Waals surface area contributed by atoms with Crippen LogP contribution >= 0.6 is 0 Å². The third kappa shape index (κ3) is 4.48. The average molecular weight is 265 g/mol. The number of amides is 2. The first-order valence-electron chi connectivity index (χ1n) is 7.31. The molecule has 1 aliphatic rings. The minimum Gasteiger partial charge on any atom is -0.312 e. The summed E-state index contributed by atoms with van der Waals surface area (Å²) in [6.07, 6.45) is 4.44. The Balaban J connectivity index is 2.36. The molecule has 0 aromatic carbocycles. The molecule has 1 heterocycles. The molecule has 0 saturated carbocycles. The van der Waals surface area contributed by atoms with Crippen LogP contribution < -0.4 is 0 Å². The highest BCUT2D eigenvalue weighted by molar-refractivity contribution is 6.57. The lowest BCUT2D eigenvalue weighted by atomic mass is 9.90. The molecule has 1 saturated heterocycles. The third-order valence-electron chi connectivity index (χ3n) is 4.02. The first kappa shape index (κ1) is 15.9. The van der Waals surface area contributed by atoms with Crippen molar-refractivity contribution in [2.45, 2.75) is 52.4 Å². The van der Waals surface area contributed by atoms with Crippen molar-refractivity contribution in [2.24, 2.45) is 11.8 Å². The molecule has 5 heteroatoms. The van der Waals surface area contributed by atoms with E-state index < -0.39 is 0 Å². The van der Waals surface area contributed by atoms with Crippen molar-refractivity contribution in [1.29, 1.82) is 0 Å². The van der Waals surface area contributed by atoms with Crippen LogP contribution in [0.4, 0.5) is 0 Å². The van der Waals surface area contributed by atoms with Gasteiger partial charge in [0.1, 0.15) is 0 Å². The van der Waals surface area contributed by atoms with Crippen molar-refractivity contribution in [3.8, 4) is 0 Å². The van der Waals surface area contributed by atoms with Crippen LogP contribution in [0.2, 0.25) is 0 Å². The van der Waals surface area contributed by atoms with E-state index in [9.17, 15) is 14.4 Å². The van der Waals surface area contributed by atoms with E-state index in [4.69, 9.17) is 0 Å². The quantitative estimate of drug-likeness (QED) is 0.375. The van der Waals surface area contributed by atoms with Gasteiger partial charge in [-0.25, -0.2) is 0 Å². The van der Waals surface area contributed by atoms with Gasteiger partial charge in [-0.2, -0.15) is 0 Å². The summed E-state index contributed by atoms with van der Waals surface area (Å²) < 4.78 is 0. The van der Waals surface area contributed by atoms with Crippen LogP contribution in [0, 0.1) is 11.8 Å². The zero-order valence-corrected chi connectivity index (χ0v) is 12.3. The highest BCUT2D eigenvalue weighted by Crippen LogP contribution is 2.28. The van der Waals surface area contributed by atoms with Crippen LogP contribution in [0.5, 0.6) is 0 Å². The van der Waals surface area contributed by atoms with Gasteiger partial charge >= 0.3 is 0 Å². The van der Waals surface area contributed by atoms with Gasteiger partial charge in [-0.3, -0.25) is 14.5 Å². The second-order valence-corrected chi connectivity index (χ2v) is 5.59. The van der Waals surface area contributed by atoms with Crippen LogP contribution in [0.25, 0.3) is 0 Å². The SMILES string of the molecule is BC(=O)CCCCCN1C(=O)CC(C(C)CC)C1=O. The fourth-order valence-electron chi connectivity index (χ4n) is 2.49.